The van der Waals surface area contributed by atoms with E-state index in [2.05, 4.69) is 26.0 Å². The van der Waals surface area contributed by atoms with Gasteiger partial charge in [-0.1, -0.05) is 43.6 Å². The maximum absolute atomic E-state index is 12.1. The van der Waals surface area contributed by atoms with Crippen molar-refractivity contribution in [2.24, 2.45) is 40.9 Å². The van der Waals surface area contributed by atoms with Crippen LogP contribution in [0.15, 0.2) is 23.3 Å². The van der Waals surface area contributed by atoms with Gasteiger partial charge in [0.15, 0.2) is 0 Å². The lowest BCUT2D eigenvalue weighted by atomic mass is 9.48. The van der Waals surface area contributed by atoms with E-state index < -0.39 is 0 Å². The Kier molecular flexibility index (Phi) is 3.18. The van der Waals surface area contributed by atoms with Crippen LogP contribution in [-0.4, -0.2) is 18.0 Å². The predicted octanol–water partition coefficient (Wildman–Crippen LogP) is 5.09. The molecule has 0 saturated heterocycles. The van der Waals surface area contributed by atoms with Crippen molar-refractivity contribution >= 4 is 5.78 Å². The van der Waals surface area contributed by atoms with E-state index in [-0.39, 0.29) is 5.60 Å². The number of ketones is 1. The first kappa shape index (κ1) is 16.1. The Labute approximate surface area is 157 Å². The molecular formula is C24H32O2. The van der Waals surface area contributed by atoms with Crippen molar-refractivity contribution in [3.05, 3.63) is 23.3 Å². The molecule has 1 heterocycles. The van der Waals surface area contributed by atoms with Crippen LogP contribution in [0.5, 0.6) is 0 Å². The van der Waals surface area contributed by atoms with Crippen molar-refractivity contribution in [1.82, 2.24) is 0 Å². The smallest absolute Gasteiger partial charge is 0.137 e. The van der Waals surface area contributed by atoms with Crippen molar-refractivity contribution in [2.45, 2.75) is 70.8 Å². The summed E-state index contributed by atoms with van der Waals surface area (Å²) in [5, 5.41) is 0. The van der Waals surface area contributed by atoms with Gasteiger partial charge in [0, 0.05) is 18.3 Å². The lowest BCUT2D eigenvalue weighted by molar-refractivity contribution is -0.130. The third-order valence-electron chi connectivity index (χ3n) is 9.68. The highest BCUT2D eigenvalue weighted by Crippen LogP contribution is 2.77. The Morgan fingerprint density at radius 3 is 2.96 bits per heavy atom. The number of ether oxygens (including phenoxy) is 1. The fourth-order valence-corrected chi connectivity index (χ4v) is 8.71. The molecular weight excluding hydrogens is 320 g/mol. The summed E-state index contributed by atoms with van der Waals surface area (Å²) >= 11 is 0. The Morgan fingerprint density at radius 2 is 2.19 bits per heavy atom. The summed E-state index contributed by atoms with van der Waals surface area (Å²) in [4.78, 5) is 12.1. The van der Waals surface area contributed by atoms with Crippen LogP contribution in [0.1, 0.15) is 65.2 Å². The van der Waals surface area contributed by atoms with Gasteiger partial charge in [-0.05, 0) is 67.6 Å². The van der Waals surface area contributed by atoms with Gasteiger partial charge < -0.3 is 4.74 Å². The van der Waals surface area contributed by atoms with Crippen LogP contribution >= 0.6 is 0 Å². The molecule has 2 heteroatoms. The van der Waals surface area contributed by atoms with Gasteiger partial charge in [-0.25, -0.2) is 0 Å². The monoisotopic (exact) mass is 352 g/mol. The Hall–Kier alpha value is -0.890. The van der Waals surface area contributed by atoms with Gasteiger partial charge in [0.1, 0.15) is 5.78 Å². The fraction of sp³-hybridized carbons (Fsp3) is 0.792. The molecule has 0 aromatic rings. The molecule has 0 bridgehead atoms. The highest BCUT2D eigenvalue weighted by Gasteiger charge is 2.76. The quantitative estimate of drug-likeness (QED) is 0.615. The first-order chi connectivity index (χ1) is 12.6. The molecule has 0 aromatic carbocycles. The highest BCUT2D eigenvalue weighted by molar-refractivity contribution is 5.82. The SMILES string of the molecule is CCC1CC2=C(CCC(=O)C2)C2CC[C@@]3(C)C(C4CC4[C@@]34C=CCO4)C12. The summed E-state index contributed by atoms with van der Waals surface area (Å²) in [7, 11) is 0. The number of carbonyl (C=O) groups excluding carboxylic acids is 1. The van der Waals surface area contributed by atoms with Crippen molar-refractivity contribution in [3.8, 4) is 0 Å². The van der Waals surface area contributed by atoms with Crippen LogP contribution in [0.3, 0.4) is 0 Å². The largest absolute Gasteiger partial charge is 0.366 e. The molecule has 1 aliphatic heterocycles. The van der Waals surface area contributed by atoms with E-state index in [1.807, 2.05) is 0 Å². The van der Waals surface area contributed by atoms with E-state index in [0.717, 1.165) is 61.4 Å². The molecule has 2 nitrogen and oxygen atoms in total. The van der Waals surface area contributed by atoms with Crippen LogP contribution in [0.2, 0.25) is 0 Å². The molecule has 1 spiro atoms. The fourth-order valence-electron chi connectivity index (χ4n) is 8.71. The van der Waals surface area contributed by atoms with Crippen LogP contribution in [0.4, 0.5) is 0 Å². The summed E-state index contributed by atoms with van der Waals surface area (Å²) in [6.07, 6.45) is 14.0. The van der Waals surface area contributed by atoms with Gasteiger partial charge in [-0.2, -0.15) is 0 Å². The number of hydrogen-bond donors (Lipinski definition) is 0. The van der Waals surface area contributed by atoms with Crippen LogP contribution in [0.25, 0.3) is 0 Å². The van der Waals surface area contributed by atoms with E-state index in [4.69, 9.17) is 4.74 Å². The zero-order valence-electron chi connectivity index (χ0n) is 16.3. The van der Waals surface area contributed by atoms with Gasteiger partial charge in [-0.15, -0.1) is 0 Å². The number of hydrogen-bond acceptors (Lipinski definition) is 2. The van der Waals surface area contributed by atoms with E-state index >= 15 is 0 Å². The van der Waals surface area contributed by atoms with Gasteiger partial charge >= 0.3 is 0 Å². The normalized spacial score (nSPS) is 54.2. The molecule has 8 atom stereocenters. The molecule has 6 aliphatic rings. The second-order valence-corrected chi connectivity index (χ2v) is 10.4. The maximum Gasteiger partial charge on any atom is 0.137 e. The average Bonchev–Trinajstić information content (AvgIpc) is 3.20. The molecule has 3 saturated carbocycles. The van der Waals surface area contributed by atoms with Crippen molar-refractivity contribution in [1.29, 1.82) is 0 Å². The Bertz CT molecular complexity index is 732. The minimum absolute atomic E-state index is 0.0583. The highest BCUT2D eigenvalue weighted by atomic mass is 16.5. The number of allylic oxidation sites excluding steroid dienone is 2. The van der Waals surface area contributed by atoms with Crippen molar-refractivity contribution < 1.29 is 9.53 Å². The molecule has 140 valence electrons. The Morgan fingerprint density at radius 1 is 1.31 bits per heavy atom. The number of Topliss-reactive ketones (excluding diaryl/α,β-unsaturated/α-hetero) is 1. The summed E-state index contributed by atoms with van der Waals surface area (Å²) in [6.45, 7) is 5.80. The first-order valence-corrected chi connectivity index (χ1v) is 11.1. The average molecular weight is 353 g/mol. The summed E-state index contributed by atoms with van der Waals surface area (Å²) in [5.41, 5.74) is 3.70. The van der Waals surface area contributed by atoms with Gasteiger partial charge in [0.2, 0.25) is 0 Å². The molecule has 0 N–H and O–H groups in total. The summed E-state index contributed by atoms with van der Waals surface area (Å²) < 4.78 is 6.53. The van der Waals surface area contributed by atoms with Crippen LogP contribution in [-0.2, 0) is 9.53 Å². The lowest BCUT2D eigenvalue weighted by Gasteiger charge is -2.58. The first-order valence-electron chi connectivity index (χ1n) is 11.1. The molecule has 26 heavy (non-hydrogen) atoms. The van der Waals surface area contributed by atoms with Gasteiger partial charge in [0.25, 0.3) is 0 Å². The standard InChI is InChI=1S/C24H32O2/c1-3-14-11-15-12-16(25)5-6-17(15)18-7-9-23(2)22(21(14)18)19-13-20(19)24(23)8-4-10-26-24/h4,8,14,18-22H,3,5-7,9-13H2,1-2H3/t14?,18?,19?,20?,21?,22?,23-,24-/m0/s1. The molecule has 0 amide bonds. The number of carbonyl (C=O) groups is 1. The number of rotatable bonds is 1. The minimum Gasteiger partial charge on any atom is -0.366 e. The second kappa shape index (κ2) is 5.13. The molecule has 6 rings (SSSR count). The van der Waals surface area contributed by atoms with E-state index in [1.165, 1.54) is 32.1 Å². The van der Waals surface area contributed by atoms with Crippen molar-refractivity contribution in [2.75, 3.05) is 6.61 Å². The minimum atomic E-state index is 0.0583. The van der Waals surface area contributed by atoms with E-state index in [0.29, 0.717) is 11.2 Å². The maximum atomic E-state index is 12.1. The lowest BCUT2D eigenvalue weighted by Crippen LogP contribution is -2.55. The van der Waals surface area contributed by atoms with E-state index in [9.17, 15) is 4.79 Å². The van der Waals surface area contributed by atoms with Crippen LogP contribution in [0, 0.1) is 40.9 Å². The topological polar surface area (TPSA) is 26.3 Å². The molecule has 0 aromatic heterocycles. The van der Waals surface area contributed by atoms with Crippen molar-refractivity contribution in [3.63, 3.8) is 0 Å². The zero-order valence-corrected chi connectivity index (χ0v) is 16.3. The third-order valence-corrected chi connectivity index (χ3v) is 9.68. The van der Waals surface area contributed by atoms with Gasteiger partial charge in [0.05, 0.1) is 12.2 Å². The summed E-state index contributed by atoms with van der Waals surface area (Å²) in [6, 6.07) is 0. The molecule has 6 unspecified atom stereocenters. The van der Waals surface area contributed by atoms with Crippen LogP contribution < -0.4 is 0 Å². The van der Waals surface area contributed by atoms with E-state index in [1.54, 1.807) is 11.1 Å². The summed E-state index contributed by atoms with van der Waals surface area (Å²) in [5.74, 6) is 5.42. The zero-order chi connectivity index (χ0) is 17.7. The molecule has 3 fully saturated rings. The number of fused-ring (bicyclic) bond motifs is 8. The molecule has 5 aliphatic carbocycles. The third kappa shape index (κ3) is 1.76. The van der Waals surface area contributed by atoms with Gasteiger partial charge in [-0.3, -0.25) is 4.79 Å². The second-order valence-electron chi connectivity index (χ2n) is 10.4. The Balaban J connectivity index is 1.44. The molecule has 0 radical (unpaired) electrons. The predicted molar refractivity (Wildman–Crippen MR) is 102 cm³/mol.